The van der Waals surface area contributed by atoms with Crippen LogP contribution in [-0.2, 0) is 17.9 Å². The van der Waals surface area contributed by atoms with E-state index in [0.29, 0.717) is 23.0 Å². The Morgan fingerprint density at radius 1 is 1.41 bits per heavy atom. The Hall–Kier alpha value is -3.20. The number of nitrogens with one attached hydrogen (secondary N) is 2. The molecule has 0 fully saturated rings. The van der Waals surface area contributed by atoms with E-state index in [-0.39, 0.29) is 29.4 Å². The Kier molecular flexibility index (Phi) is 6.67. The number of anilines is 2. The summed E-state index contributed by atoms with van der Waals surface area (Å²) < 4.78 is 24.0. The molecule has 0 aliphatic heterocycles. The Labute approximate surface area is 156 Å². The van der Waals surface area contributed by atoms with E-state index in [1.54, 1.807) is 19.1 Å². The van der Waals surface area contributed by atoms with Gasteiger partial charge in [-0.3, -0.25) is 10.4 Å². The van der Waals surface area contributed by atoms with E-state index in [2.05, 4.69) is 15.3 Å². The van der Waals surface area contributed by atoms with Gasteiger partial charge < -0.3 is 25.6 Å². The minimum absolute atomic E-state index is 0.0728. The second-order valence-electron chi connectivity index (χ2n) is 5.56. The van der Waals surface area contributed by atoms with Crippen LogP contribution in [0.25, 0.3) is 0 Å². The average molecular weight is 375 g/mol. The van der Waals surface area contributed by atoms with Crippen LogP contribution in [-0.4, -0.2) is 36.0 Å². The first-order valence-electron chi connectivity index (χ1n) is 8.03. The molecule has 5 N–H and O–H groups in total. The van der Waals surface area contributed by atoms with Gasteiger partial charge in [-0.25, -0.2) is 9.37 Å². The summed E-state index contributed by atoms with van der Waals surface area (Å²) in [7, 11) is 2.80. The van der Waals surface area contributed by atoms with Crippen LogP contribution in [0.4, 0.5) is 15.9 Å². The number of amidine groups is 1. The standard InChI is InChI=1S/C18H22FN5O3/c1-10(22-8-11-12(19)5-4-6-15(11)26-2)23-16-7-13(20)17(18(21)27-3)14(9-25)24-16/h4-7,21,25H,8-9H2,1-3H3,(H3,20,22,23,24). The average Bonchev–Trinajstić information content (AvgIpc) is 2.65. The van der Waals surface area contributed by atoms with Crippen LogP contribution >= 0.6 is 0 Å². The molecule has 0 bridgehead atoms. The third-order valence-corrected chi connectivity index (χ3v) is 3.78. The normalized spacial score (nSPS) is 11.2. The SMILES string of the molecule is COC(=N)c1c(N)cc(NC(C)=NCc2c(F)cccc2OC)nc1CO. The van der Waals surface area contributed by atoms with Gasteiger partial charge in [-0.2, -0.15) is 0 Å². The fraction of sp³-hybridized carbons (Fsp3) is 0.278. The second-order valence-corrected chi connectivity index (χ2v) is 5.56. The van der Waals surface area contributed by atoms with Crippen molar-refractivity contribution in [3.63, 3.8) is 0 Å². The molecule has 27 heavy (non-hydrogen) atoms. The maximum absolute atomic E-state index is 14.0. The third kappa shape index (κ3) is 4.70. The van der Waals surface area contributed by atoms with Crippen LogP contribution in [0, 0.1) is 11.2 Å². The van der Waals surface area contributed by atoms with Crippen molar-refractivity contribution in [3.8, 4) is 5.75 Å². The number of aromatic nitrogens is 1. The molecule has 144 valence electrons. The molecular formula is C18H22FN5O3. The van der Waals surface area contributed by atoms with Gasteiger partial charge in [0.25, 0.3) is 0 Å². The third-order valence-electron chi connectivity index (χ3n) is 3.78. The number of pyridine rings is 1. The van der Waals surface area contributed by atoms with Gasteiger partial charge in [0.15, 0.2) is 0 Å². The molecular weight excluding hydrogens is 353 g/mol. The second kappa shape index (κ2) is 8.95. The predicted octanol–water partition coefficient (Wildman–Crippen LogP) is 2.31. The maximum atomic E-state index is 14.0. The molecule has 0 aliphatic rings. The molecule has 0 aliphatic carbocycles. The smallest absolute Gasteiger partial charge is 0.217 e. The van der Waals surface area contributed by atoms with Crippen LogP contribution < -0.4 is 15.8 Å². The zero-order valence-electron chi connectivity index (χ0n) is 15.3. The van der Waals surface area contributed by atoms with Gasteiger partial charge in [0, 0.05) is 11.8 Å². The molecule has 1 aromatic heterocycles. The van der Waals surface area contributed by atoms with Gasteiger partial charge in [-0.15, -0.1) is 0 Å². The summed E-state index contributed by atoms with van der Waals surface area (Å²) in [6.45, 7) is 1.35. The number of nitrogens with two attached hydrogens (primary N) is 1. The summed E-state index contributed by atoms with van der Waals surface area (Å²) in [5.74, 6) is 0.626. The summed E-state index contributed by atoms with van der Waals surface area (Å²) in [5, 5.41) is 20.2. The summed E-state index contributed by atoms with van der Waals surface area (Å²) in [5.41, 5.74) is 6.96. The maximum Gasteiger partial charge on any atom is 0.217 e. The van der Waals surface area contributed by atoms with Crippen LogP contribution in [0.5, 0.6) is 5.75 Å². The number of hydrogen-bond donors (Lipinski definition) is 4. The van der Waals surface area contributed by atoms with Crippen molar-refractivity contribution in [1.82, 2.24) is 4.98 Å². The van der Waals surface area contributed by atoms with Crippen molar-refractivity contribution in [2.45, 2.75) is 20.1 Å². The molecule has 1 aromatic carbocycles. The fourth-order valence-corrected chi connectivity index (χ4v) is 2.47. The Morgan fingerprint density at radius 3 is 2.78 bits per heavy atom. The van der Waals surface area contributed by atoms with Gasteiger partial charge in [0.2, 0.25) is 5.90 Å². The van der Waals surface area contributed by atoms with E-state index in [1.807, 2.05) is 0 Å². The van der Waals surface area contributed by atoms with E-state index < -0.39 is 12.4 Å². The lowest BCUT2D eigenvalue weighted by Gasteiger charge is -2.14. The first-order chi connectivity index (χ1) is 12.9. The zero-order chi connectivity index (χ0) is 20.0. The van der Waals surface area contributed by atoms with E-state index in [9.17, 15) is 9.50 Å². The van der Waals surface area contributed by atoms with E-state index >= 15 is 0 Å². The topological polar surface area (TPSA) is 126 Å². The highest BCUT2D eigenvalue weighted by molar-refractivity contribution is 5.99. The molecule has 1 heterocycles. The minimum atomic E-state index is -0.413. The lowest BCUT2D eigenvalue weighted by atomic mass is 10.1. The summed E-state index contributed by atoms with van der Waals surface area (Å²) in [6, 6.07) is 6.07. The molecule has 0 saturated heterocycles. The van der Waals surface area contributed by atoms with Gasteiger partial charge in [0.05, 0.1) is 50.0 Å². The molecule has 0 saturated carbocycles. The number of rotatable bonds is 6. The Morgan fingerprint density at radius 2 is 2.15 bits per heavy atom. The van der Waals surface area contributed by atoms with Crippen molar-refractivity contribution in [2.24, 2.45) is 4.99 Å². The molecule has 0 unspecified atom stereocenters. The van der Waals surface area contributed by atoms with Crippen molar-refractivity contribution in [1.29, 1.82) is 5.41 Å². The largest absolute Gasteiger partial charge is 0.496 e. The van der Waals surface area contributed by atoms with Crippen molar-refractivity contribution >= 4 is 23.2 Å². The molecule has 2 aromatic rings. The number of hydrogen-bond acceptors (Lipinski definition) is 7. The van der Waals surface area contributed by atoms with E-state index in [4.69, 9.17) is 20.6 Å². The number of benzene rings is 1. The number of aliphatic hydroxyl groups is 1. The number of nitrogens with zero attached hydrogens (tertiary/aromatic N) is 2. The molecule has 9 heteroatoms. The summed E-state index contributed by atoms with van der Waals surface area (Å²) in [4.78, 5) is 8.52. The van der Waals surface area contributed by atoms with E-state index in [0.717, 1.165) is 0 Å². The molecule has 2 rings (SSSR count). The van der Waals surface area contributed by atoms with Crippen molar-refractivity contribution in [3.05, 3.63) is 46.9 Å². The number of methoxy groups -OCH3 is 2. The minimum Gasteiger partial charge on any atom is -0.496 e. The van der Waals surface area contributed by atoms with Gasteiger partial charge in [0.1, 0.15) is 17.4 Å². The quantitative estimate of drug-likeness (QED) is 0.453. The highest BCUT2D eigenvalue weighted by Crippen LogP contribution is 2.23. The molecule has 0 spiro atoms. The number of halogens is 1. The predicted molar refractivity (Wildman–Crippen MR) is 102 cm³/mol. The number of nitrogen functional groups attached to an aromatic ring is 1. The van der Waals surface area contributed by atoms with Crippen LogP contribution in [0.15, 0.2) is 29.3 Å². The summed E-state index contributed by atoms with van der Waals surface area (Å²) >= 11 is 0. The first-order valence-corrected chi connectivity index (χ1v) is 8.03. The van der Waals surface area contributed by atoms with E-state index in [1.165, 1.54) is 26.4 Å². The van der Waals surface area contributed by atoms with Gasteiger partial charge in [-0.05, 0) is 19.1 Å². The van der Waals surface area contributed by atoms with Crippen LogP contribution in [0.2, 0.25) is 0 Å². The lowest BCUT2D eigenvalue weighted by Crippen LogP contribution is -2.15. The Balaban J connectivity index is 2.23. The molecule has 8 nitrogen and oxygen atoms in total. The fourth-order valence-electron chi connectivity index (χ4n) is 2.47. The molecule has 0 amide bonds. The zero-order valence-corrected chi connectivity index (χ0v) is 15.3. The lowest BCUT2D eigenvalue weighted by molar-refractivity contribution is 0.276. The highest BCUT2D eigenvalue weighted by Gasteiger charge is 2.16. The van der Waals surface area contributed by atoms with Gasteiger partial charge >= 0.3 is 0 Å². The van der Waals surface area contributed by atoms with Gasteiger partial charge in [-0.1, -0.05) is 6.07 Å². The van der Waals surface area contributed by atoms with Crippen LogP contribution in [0.3, 0.4) is 0 Å². The number of aliphatic hydroxyl groups excluding tert-OH is 1. The number of ether oxygens (including phenoxy) is 2. The number of aliphatic imine (C=N–C) groups is 1. The van der Waals surface area contributed by atoms with Crippen molar-refractivity contribution < 1.29 is 19.0 Å². The first kappa shape index (κ1) is 20.1. The Bertz CT molecular complexity index is 870. The van der Waals surface area contributed by atoms with Crippen molar-refractivity contribution in [2.75, 3.05) is 25.3 Å². The molecule has 0 radical (unpaired) electrons. The monoisotopic (exact) mass is 375 g/mol. The molecule has 0 atom stereocenters. The van der Waals surface area contributed by atoms with Crippen LogP contribution in [0.1, 0.15) is 23.7 Å². The summed E-state index contributed by atoms with van der Waals surface area (Å²) in [6.07, 6.45) is 0. The highest BCUT2D eigenvalue weighted by atomic mass is 19.1.